The molecule has 1 amide bonds. The average molecular weight is 307 g/mol. The molecule has 0 saturated heterocycles. The fraction of sp³-hybridized carbons (Fsp3) is 0.375. The van der Waals surface area contributed by atoms with Crippen molar-refractivity contribution in [3.63, 3.8) is 0 Å². The average Bonchev–Trinajstić information content (AvgIpc) is 2.37. The van der Waals surface area contributed by atoms with Crippen molar-refractivity contribution in [2.24, 2.45) is 5.92 Å². The number of anilines is 1. The Kier molecular flexibility index (Phi) is 7.02. The third-order valence-corrected chi connectivity index (χ3v) is 3.78. The monoisotopic (exact) mass is 307 g/mol. The van der Waals surface area contributed by atoms with Crippen LogP contribution in [-0.4, -0.2) is 22.7 Å². The van der Waals surface area contributed by atoms with Crippen LogP contribution >= 0.6 is 11.8 Å². The molecular weight excluding hydrogens is 286 g/mol. The molecule has 2 N–H and O–H groups in total. The maximum absolute atomic E-state index is 12.0. The van der Waals surface area contributed by atoms with Crippen LogP contribution in [-0.2, 0) is 15.3 Å². The molecule has 0 fully saturated rings. The van der Waals surface area contributed by atoms with E-state index in [4.69, 9.17) is 5.11 Å². The molecule has 0 aromatic heterocycles. The van der Waals surface area contributed by atoms with Gasteiger partial charge in [-0.05, 0) is 31.0 Å². The Labute approximate surface area is 129 Å². The van der Waals surface area contributed by atoms with Gasteiger partial charge in [-0.3, -0.25) is 9.59 Å². The Morgan fingerprint density at radius 1 is 1.43 bits per heavy atom. The molecule has 114 valence electrons. The van der Waals surface area contributed by atoms with Crippen LogP contribution in [0.4, 0.5) is 5.69 Å². The minimum atomic E-state index is -0.821. The van der Waals surface area contributed by atoms with Crippen molar-refractivity contribution in [3.8, 4) is 0 Å². The summed E-state index contributed by atoms with van der Waals surface area (Å²) in [6, 6.07) is 7.48. The molecule has 1 rings (SSSR count). The molecule has 5 heteroatoms. The fourth-order valence-corrected chi connectivity index (χ4v) is 2.57. The predicted octanol–water partition coefficient (Wildman–Crippen LogP) is 3.55. The number of carbonyl (C=O) groups excluding carboxylic acids is 1. The van der Waals surface area contributed by atoms with E-state index < -0.39 is 5.97 Å². The molecule has 21 heavy (non-hydrogen) atoms. The highest BCUT2D eigenvalue weighted by molar-refractivity contribution is 7.99. The van der Waals surface area contributed by atoms with Gasteiger partial charge in [0.15, 0.2) is 0 Å². The van der Waals surface area contributed by atoms with Gasteiger partial charge in [-0.1, -0.05) is 24.6 Å². The molecule has 0 saturated carbocycles. The summed E-state index contributed by atoms with van der Waals surface area (Å²) in [5.74, 6) is -0.289. The molecule has 0 heterocycles. The van der Waals surface area contributed by atoms with E-state index in [1.54, 1.807) is 0 Å². The smallest absolute Gasteiger partial charge is 0.313 e. The Balaban J connectivity index is 2.57. The van der Waals surface area contributed by atoms with Crippen molar-refractivity contribution in [3.05, 3.63) is 42.0 Å². The van der Waals surface area contributed by atoms with E-state index in [0.29, 0.717) is 12.2 Å². The molecule has 0 aliphatic heterocycles. The molecule has 1 aromatic rings. The highest BCUT2D eigenvalue weighted by atomic mass is 32.2. The molecule has 4 nitrogen and oxygen atoms in total. The van der Waals surface area contributed by atoms with E-state index in [1.165, 1.54) is 11.8 Å². The lowest BCUT2D eigenvalue weighted by atomic mass is 10.0. The Hall–Kier alpha value is -1.75. The van der Waals surface area contributed by atoms with E-state index in [1.807, 2.05) is 38.1 Å². The third-order valence-electron chi connectivity index (χ3n) is 2.79. The second-order valence-corrected chi connectivity index (χ2v) is 6.12. The van der Waals surface area contributed by atoms with Crippen LogP contribution < -0.4 is 5.32 Å². The SMILES string of the molecule is C=C(C)CC(C)C(=O)Nc1cccc(CSCC(=O)O)c1. The molecule has 1 unspecified atom stereocenters. The predicted molar refractivity (Wildman–Crippen MR) is 87.5 cm³/mol. The van der Waals surface area contributed by atoms with Crippen LogP contribution in [0.3, 0.4) is 0 Å². The zero-order valence-corrected chi connectivity index (χ0v) is 13.2. The van der Waals surface area contributed by atoms with Crippen LogP contribution in [0.2, 0.25) is 0 Å². The Morgan fingerprint density at radius 3 is 2.76 bits per heavy atom. The summed E-state index contributed by atoms with van der Waals surface area (Å²) in [4.78, 5) is 22.5. The lowest BCUT2D eigenvalue weighted by Crippen LogP contribution is -2.20. The lowest BCUT2D eigenvalue weighted by molar-refractivity contribution is -0.133. The second-order valence-electron chi connectivity index (χ2n) is 5.14. The Morgan fingerprint density at radius 2 is 2.14 bits per heavy atom. The van der Waals surface area contributed by atoms with Crippen LogP contribution in [0.5, 0.6) is 0 Å². The molecule has 0 radical (unpaired) electrons. The van der Waals surface area contributed by atoms with E-state index in [9.17, 15) is 9.59 Å². The van der Waals surface area contributed by atoms with Gasteiger partial charge < -0.3 is 10.4 Å². The van der Waals surface area contributed by atoms with E-state index in [2.05, 4.69) is 11.9 Å². The lowest BCUT2D eigenvalue weighted by Gasteiger charge is -2.12. The van der Waals surface area contributed by atoms with Crippen molar-refractivity contribution < 1.29 is 14.7 Å². The van der Waals surface area contributed by atoms with Gasteiger partial charge in [0.2, 0.25) is 5.91 Å². The van der Waals surface area contributed by atoms with E-state index in [-0.39, 0.29) is 17.6 Å². The van der Waals surface area contributed by atoms with Crippen molar-refractivity contribution in [1.82, 2.24) is 0 Å². The maximum atomic E-state index is 12.0. The van der Waals surface area contributed by atoms with Crippen molar-refractivity contribution in [1.29, 1.82) is 0 Å². The van der Waals surface area contributed by atoms with Crippen molar-refractivity contribution >= 4 is 29.3 Å². The highest BCUT2D eigenvalue weighted by Gasteiger charge is 2.13. The van der Waals surface area contributed by atoms with Gasteiger partial charge in [0, 0.05) is 17.4 Å². The first-order chi connectivity index (χ1) is 9.88. The van der Waals surface area contributed by atoms with E-state index in [0.717, 1.165) is 16.8 Å². The van der Waals surface area contributed by atoms with Crippen molar-refractivity contribution in [2.45, 2.75) is 26.0 Å². The number of carboxylic acid groups (broad SMARTS) is 1. The largest absolute Gasteiger partial charge is 0.481 e. The fourth-order valence-electron chi connectivity index (χ4n) is 1.88. The standard InChI is InChI=1S/C16H21NO3S/c1-11(2)7-12(3)16(20)17-14-6-4-5-13(8-14)9-21-10-15(18)19/h4-6,8,12H,1,7,9-10H2,2-3H3,(H,17,20)(H,18,19). The number of hydrogen-bond acceptors (Lipinski definition) is 3. The van der Waals surface area contributed by atoms with Gasteiger partial charge in [0.05, 0.1) is 5.75 Å². The number of benzene rings is 1. The summed E-state index contributed by atoms with van der Waals surface area (Å²) in [7, 11) is 0. The quantitative estimate of drug-likeness (QED) is 0.721. The second kappa shape index (κ2) is 8.52. The van der Waals surface area contributed by atoms with Crippen LogP contribution in [0.15, 0.2) is 36.4 Å². The molecule has 1 atom stereocenters. The van der Waals surface area contributed by atoms with Gasteiger partial charge in [0.1, 0.15) is 0 Å². The number of rotatable bonds is 8. The summed E-state index contributed by atoms with van der Waals surface area (Å²) in [5, 5.41) is 11.5. The molecule has 1 aromatic carbocycles. The Bertz CT molecular complexity index is 528. The van der Waals surface area contributed by atoms with Gasteiger partial charge in [0.25, 0.3) is 0 Å². The van der Waals surface area contributed by atoms with Crippen LogP contribution in [0, 0.1) is 5.92 Å². The maximum Gasteiger partial charge on any atom is 0.313 e. The van der Waals surface area contributed by atoms with Crippen LogP contribution in [0.1, 0.15) is 25.8 Å². The number of thioether (sulfide) groups is 1. The van der Waals surface area contributed by atoms with Crippen molar-refractivity contribution in [2.75, 3.05) is 11.1 Å². The van der Waals surface area contributed by atoms with Gasteiger partial charge >= 0.3 is 5.97 Å². The first-order valence-electron chi connectivity index (χ1n) is 6.72. The summed E-state index contributed by atoms with van der Waals surface area (Å²) < 4.78 is 0. The van der Waals surface area contributed by atoms with E-state index >= 15 is 0 Å². The number of nitrogens with one attached hydrogen (secondary N) is 1. The number of amides is 1. The number of carbonyl (C=O) groups is 2. The third kappa shape index (κ3) is 6.99. The molecule has 0 spiro atoms. The highest BCUT2D eigenvalue weighted by Crippen LogP contribution is 2.18. The minimum absolute atomic E-state index is 0.0339. The number of carboxylic acids is 1. The first-order valence-corrected chi connectivity index (χ1v) is 7.87. The van der Waals surface area contributed by atoms with Gasteiger partial charge in [-0.15, -0.1) is 18.3 Å². The summed E-state index contributed by atoms with van der Waals surface area (Å²) in [5.41, 5.74) is 2.71. The number of hydrogen-bond donors (Lipinski definition) is 2. The van der Waals surface area contributed by atoms with Gasteiger partial charge in [-0.25, -0.2) is 0 Å². The molecular formula is C16H21NO3S. The number of allylic oxidation sites excluding steroid dienone is 1. The summed E-state index contributed by atoms with van der Waals surface area (Å²) in [6.07, 6.45) is 0.667. The molecule has 0 aliphatic rings. The van der Waals surface area contributed by atoms with Crippen LogP contribution in [0.25, 0.3) is 0 Å². The molecule has 0 bridgehead atoms. The first kappa shape index (κ1) is 17.3. The molecule has 0 aliphatic carbocycles. The normalized spacial score (nSPS) is 11.7. The summed E-state index contributed by atoms with van der Waals surface area (Å²) >= 11 is 1.33. The van der Waals surface area contributed by atoms with Gasteiger partial charge in [-0.2, -0.15) is 0 Å². The zero-order valence-electron chi connectivity index (χ0n) is 12.4. The summed E-state index contributed by atoms with van der Waals surface area (Å²) in [6.45, 7) is 7.59. The minimum Gasteiger partial charge on any atom is -0.481 e. The zero-order chi connectivity index (χ0) is 15.8. The topological polar surface area (TPSA) is 66.4 Å². The number of aliphatic carboxylic acids is 1.